The van der Waals surface area contributed by atoms with Crippen LogP contribution in [0.1, 0.15) is 30.4 Å². The van der Waals surface area contributed by atoms with E-state index in [9.17, 15) is 13.2 Å². The third-order valence-electron chi connectivity index (χ3n) is 4.02. The summed E-state index contributed by atoms with van der Waals surface area (Å²) in [7, 11) is -3.76. The van der Waals surface area contributed by atoms with E-state index >= 15 is 0 Å². The summed E-state index contributed by atoms with van der Waals surface area (Å²) in [5.74, 6) is -1.17. The molecule has 3 rings (SSSR count). The lowest BCUT2D eigenvalue weighted by Crippen LogP contribution is -2.42. The van der Waals surface area contributed by atoms with Crippen molar-refractivity contribution in [2.75, 3.05) is 0 Å². The number of carbonyl (C=O) groups is 1. The van der Waals surface area contributed by atoms with Gasteiger partial charge in [-0.25, -0.2) is 8.42 Å². The van der Waals surface area contributed by atoms with Crippen LogP contribution in [0.25, 0.3) is 0 Å². The van der Waals surface area contributed by atoms with E-state index in [1.54, 1.807) is 12.1 Å². The number of aryl methyl sites for hydroxylation is 2. The van der Waals surface area contributed by atoms with Gasteiger partial charge in [0.15, 0.2) is 0 Å². The van der Waals surface area contributed by atoms with E-state index in [2.05, 4.69) is 4.72 Å². The zero-order valence-electron chi connectivity index (χ0n) is 11.0. The fourth-order valence-corrected chi connectivity index (χ4v) is 4.04. The van der Waals surface area contributed by atoms with Gasteiger partial charge in [-0.05, 0) is 61.3 Å². The Bertz CT molecular complexity index is 649. The fraction of sp³-hybridized carbons (Fsp3) is 0.500. The molecule has 5 nitrogen and oxygen atoms in total. The SMILES string of the molecule is O=C(O)C(NS(=O)(=O)c1ccc2c(c1)CCC2)C1CC1. The Kier molecular flexibility index (Phi) is 3.30. The van der Waals surface area contributed by atoms with E-state index < -0.39 is 22.0 Å². The number of hydrogen-bond donors (Lipinski definition) is 2. The van der Waals surface area contributed by atoms with Gasteiger partial charge in [0.05, 0.1) is 4.90 Å². The molecule has 2 aliphatic carbocycles. The third-order valence-corrected chi connectivity index (χ3v) is 5.46. The van der Waals surface area contributed by atoms with Gasteiger partial charge in [-0.3, -0.25) is 4.79 Å². The Morgan fingerprint density at radius 1 is 1.25 bits per heavy atom. The molecule has 0 saturated heterocycles. The van der Waals surface area contributed by atoms with Crippen molar-refractivity contribution >= 4 is 16.0 Å². The van der Waals surface area contributed by atoms with E-state index in [1.807, 2.05) is 6.07 Å². The molecule has 1 unspecified atom stereocenters. The number of aliphatic carboxylic acids is 1. The minimum absolute atomic E-state index is 0.0725. The van der Waals surface area contributed by atoms with Crippen LogP contribution in [0.3, 0.4) is 0 Å². The highest BCUT2D eigenvalue weighted by Crippen LogP contribution is 2.33. The van der Waals surface area contributed by atoms with Crippen molar-refractivity contribution in [3.63, 3.8) is 0 Å². The molecule has 0 aliphatic heterocycles. The summed E-state index contributed by atoms with van der Waals surface area (Å²) in [6.07, 6.45) is 4.46. The molecule has 0 heterocycles. The lowest BCUT2D eigenvalue weighted by atomic mass is 10.1. The maximum absolute atomic E-state index is 12.3. The van der Waals surface area contributed by atoms with Gasteiger partial charge in [-0.2, -0.15) is 4.72 Å². The predicted molar refractivity (Wildman–Crippen MR) is 72.9 cm³/mol. The van der Waals surface area contributed by atoms with Crippen molar-refractivity contribution in [1.29, 1.82) is 0 Å². The summed E-state index contributed by atoms with van der Waals surface area (Å²) in [6.45, 7) is 0. The van der Waals surface area contributed by atoms with Crippen LogP contribution in [0.5, 0.6) is 0 Å². The molecule has 0 bridgehead atoms. The number of carboxylic acids is 1. The maximum Gasteiger partial charge on any atom is 0.322 e. The van der Waals surface area contributed by atoms with Gasteiger partial charge in [-0.15, -0.1) is 0 Å². The molecular weight excluding hydrogens is 278 g/mol. The minimum Gasteiger partial charge on any atom is -0.480 e. The molecular formula is C14H17NO4S. The first-order chi connectivity index (χ1) is 9.47. The average Bonchev–Trinajstić information content (AvgIpc) is 3.12. The second kappa shape index (κ2) is 4.86. The van der Waals surface area contributed by atoms with Gasteiger partial charge in [-0.1, -0.05) is 6.07 Å². The first-order valence-corrected chi connectivity index (χ1v) is 8.32. The van der Waals surface area contributed by atoms with Gasteiger partial charge in [0.25, 0.3) is 0 Å². The van der Waals surface area contributed by atoms with Crippen LogP contribution < -0.4 is 4.72 Å². The summed E-state index contributed by atoms with van der Waals surface area (Å²) >= 11 is 0. The van der Waals surface area contributed by atoms with Crippen LogP contribution in [0.4, 0.5) is 0 Å². The Morgan fingerprint density at radius 3 is 2.60 bits per heavy atom. The van der Waals surface area contributed by atoms with Crippen LogP contribution in [0.15, 0.2) is 23.1 Å². The van der Waals surface area contributed by atoms with Gasteiger partial charge in [0.2, 0.25) is 10.0 Å². The van der Waals surface area contributed by atoms with Crippen molar-refractivity contribution < 1.29 is 18.3 Å². The molecule has 2 N–H and O–H groups in total. The number of sulfonamides is 1. The molecule has 108 valence electrons. The van der Waals surface area contributed by atoms with Crippen LogP contribution in [0.2, 0.25) is 0 Å². The van der Waals surface area contributed by atoms with Gasteiger partial charge in [0, 0.05) is 0 Å². The van der Waals surface area contributed by atoms with E-state index in [-0.39, 0.29) is 10.8 Å². The molecule has 1 saturated carbocycles. The lowest BCUT2D eigenvalue weighted by Gasteiger charge is -2.14. The van der Waals surface area contributed by atoms with Crippen LogP contribution in [-0.4, -0.2) is 25.5 Å². The highest BCUT2D eigenvalue weighted by molar-refractivity contribution is 7.89. The van der Waals surface area contributed by atoms with Crippen LogP contribution in [-0.2, 0) is 27.7 Å². The molecule has 0 radical (unpaired) electrons. The molecule has 1 fully saturated rings. The van der Waals surface area contributed by atoms with Gasteiger partial charge in [0.1, 0.15) is 6.04 Å². The van der Waals surface area contributed by atoms with E-state index in [0.717, 1.165) is 37.7 Å². The number of carboxylic acid groups (broad SMARTS) is 1. The quantitative estimate of drug-likeness (QED) is 0.858. The lowest BCUT2D eigenvalue weighted by molar-refractivity contribution is -0.139. The molecule has 1 aromatic rings. The number of benzene rings is 1. The summed E-state index contributed by atoms with van der Waals surface area (Å²) in [5.41, 5.74) is 2.26. The Balaban J connectivity index is 1.86. The monoisotopic (exact) mass is 295 g/mol. The average molecular weight is 295 g/mol. The summed E-state index contributed by atoms with van der Waals surface area (Å²) in [5, 5.41) is 9.12. The fourth-order valence-electron chi connectivity index (χ4n) is 2.73. The topological polar surface area (TPSA) is 83.5 Å². The van der Waals surface area contributed by atoms with Crippen molar-refractivity contribution in [3.05, 3.63) is 29.3 Å². The Hall–Kier alpha value is -1.40. The standard InChI is InChI=1S/C14H17NO4S/c16-14(17)13(10-4-5-10)15-20(18,19)12-7-6-9-2-1-3-11(9)8-12/h6-8,10,13,15H,1-5H2,(H,16,17). The first kappa shape index (κ1) is 13.6. The molecule has 20 heavy (non-hydrogen) atoms. The zero-order valence-corrected chi connectivity index (χ0v) is 11.8. The molecule has 2 aliphatic rings. The molecule has 0 spiro atoms. The summed E-state index contributed by atoms with van der Waals surface area (Å²) in [6, 6.07) is 4.08. The number of rotatable bonds is 5. The first-order valence-electron chi connectivity index (χ1n) is 6.84. The Morgan fingerprint density at radius 2 is 1.95 bits per heavy atom. The van der Waals surface area contributed by atoms with E-state index in [4.69, 9.17) is 5.11 Å². The normalized spacial score (nSPS) is 19.6. The second-order valence-electron chi connectivity index (χ2n) is 5.56. The predicted octanol–water partition coefficient (Wildman–Crippen LogP) is 1.32. The van der Waals surface area contributed by atoms with E-state index in [1.165, 1.54) is 5.56 Å². The summed E-state index contributed by atoms with van der Waals surface area (Å²) in [4.78, 5) is 11.3. The molecule has 6 heteroatoms. The van der Waals surface area contributed by atoms with Crippen LogP contribution >= 0.6 is 0 Å². The molecule has 0 aromatic heterocycles. The largest absolute Gasteiger partial charge is 0.480 e. The van der Waals surface area contributed by atoms with Crippen LogP contribution in [0, 0.1) is 5.92 Å². The molecule has 1 atom stereocenters. The number of nitrogens with one attached hydrogen (secondary N) is 1. The number of fused-ring (bicyclic) bond motifs is 1. The van der Waals surface area contributed by atoms with Crippen molar-refractivity contribution in [1.82, 2.24) is 4.72 Å². The highest BCUT2D eigenvalue weighted by atomic mass is 32.2. The number of hydrogen-bond acceptors (Lipinski definition) is 3. The smallest absolute Gasteiger partial charge is 0.322 e. The van der Waals surface area contributed by atoms with Crippen molar-refractivity contribution in [2.24, 2.45) is 5.92 Å². The maximum atomic E-state index is 12.3. The van der Waals surface area contributed by atoms with Gasteiger partial charge < -0.3 is 5.11 Å². The zero-order chi connectivity index (χ0) is 14.3. The minimum atomic E-state index is -3.76. The Labute approximate surface area is 118 Å². The molecule has 1 aromatic carbocycles. The van der Waals surface area contributed by atoms with Crippen molar-refractivity contribution in [2.45, 2.75) is 43.0 Å². The summed E-state index contributed by atoms with van der Waals surface area (Å²) < 4.78 is 26.9. The highest BCUT2D eigenvalue weighted by Gasteiger charge is 2.39. The van der Waals surface area contributed by atoms with Crippen molar-refractivity contribution in [3.8, 4) is 0 Å². The third kappa shape index (κ3) is 2.58. The molecule has 0 amide bonds. The van der Waals surface area contributed by atoms with E-state index in [0.29, 0.717) is 0 Å². The van der Waals surface area contributed by atoms with Gasteiger partial charge >= 0.3 is 5.97 Å². The second-order valence-corrected chi connectivity index (χ2v) is 7.27.